The lowest BCUT2D eigenvalue weighted by molar-refractivity contribution is -0.119. The van der Waals surface area contributed by atoms with Gasteiger partial charge in [-0.25, -0.2) is 13.0 Å². The van der Waals surface area contributed by atoms with Crippen LogP contribution in [-0.2, 0) is 14.8 Å². The van der Waals surface area contributed by atoms with Gasteiger partial charge in [-0.15, -0.1) is 11.3 Å². The summed E-state index contributed by atoms with van der Waals surface area (Å²) in [5, 5.41) is 10.1. The van der Waals surface area contributed by atoms with E-state index < -0.39 is 10.0 Å². The molecule has 2 heterocycles. The quantitative estimate of drug-likeness (QED) is 0.716. The van der Waals surface area contributed by atoms with Crippen molar-refractivity contribution in [1.82, 2.24) is 15.6 Å². The zero-order chi connectivity index (χ0) is 17.3. The van der Waals surface area contributed by atoms with Crippen LogP contribution in [0.15, 0.2) is 39.2 Å². The molecular formula is C14H14N4O4S2. The standard InChI is InChI=1S/C14H14N4O4S2/c1-8(15-9(2)19)12-6-7-13(23-12)24(20,21)18-11-5-3-4-10-14(11)17-22-16-10/h3-8,18H,1-2H3,(H,15,19). The molecule has 0 spiro atoms. The first-order valence-electron chi connectivity index (χ1n) is 6.98. The Morgan fingerprint density at radius 3 is 2.79 bits per heavy atom. The summed E-state index contributed by atoms with van der Waals surface area (Å²) in [6.45, 7) is 3.20. The lowest BCUT2D eigenvalue weighted by Gasteiger charge is -2.09. The van der Waals surface area contributed by atoms with E-state index in [0.29, 0.717) is 16.7 Å². The molecule has 0 aliphatic rings. The Hall–Kier alpha value is -2.46. The molecule has 0 fully saturated rings. The Kier molecular flexibility index (Phi) is 4.24. The SMILES string of the molecule is CC(=O)NC(C)c1ccc(S(=O)(=O)Nc2cccc3nonc23)s1. The molecular weight excluding hydrogens is 352 g/mol. The van der Waals surface area contributed by atoms with Crippen molar-refractivity contribution < 1.29 is 17.8 Å². The number of carbonyl (C=O) groups is 1. The van der Waals surface area contributed by atoms with Gasteiger partial charge < -0.3 is 5.32 Å². The molecule has 1 atom stereocenters. The van der Waals surface area contributed by atoms with Crippen LogP contribution >= 0.6 is 11.3 Å². The van der Waals surface area contributed by atoms with Crippen molar-refractivity contribution in [2.75, 3.05) is 4.72 Å². The van der Waals surface area contributed by atoms with Crippen molar-refractivity contribution in [2.24, 2.45) is 0 Å². The normalized spacial score (nSPS) is 12.9. The van der Waals surface area contributed by atoms with Gasteiger partial charge in [0.05, 0.1) is 11.7 Å². The van der Waals surface area contributed by atoms with Crippen LogP contribution in [0.25, 0.3) is 11.0 Å². The first-order chi connectivity index (χ1) is 11.4. The number of nitrogens with one attached hydrogen (secondary N) is 2. The van der Waals surface area contributed by atoms with Gasteiger partial charge in [-0.1, -0.05) is 6.07 Å². The van der Waals surface area contributed by atoms with E-state index in [2.05, 4.69) is 25.0 Å². The van der Waals surface area contributed by atoms with Crippen molar-refractivity contribution in [3.8, 4) is 0 Å². The van der Waals surface area contributed by atoms with Crippen molar-refractivity contribution in [3.63, 3.8) is 0 Å². The van der Waals surface area contributed by atoms with Gasteiger partial charge in [0.2, 0.25) is 5.91 Å². The molecule has 2 aromatic heterocycles. The van der Waals surface area contributed by atoms with Crippen LogP contribution in [0.2, 0.25) is 0 Å². The molecule has 0 saturated heterocycles. The van der Waals surface area contributed by atoms with Gasteiger partial charge in [0, 0.05) is 11.8 Å². The summed E-state index contributed by atoms with van der Waals surface area (Å²) in [6, 6.07) is 7.82. The molecule has 3 rings (SSSR count). The van der Waals surface area contributed by atoms with Gasteiger partial charge in [0.1, 0.15) is 9.73 Å². The Morgan fingerprint density at radius 1 is 1.25 bits per heavy atom. The molecule has 126 valence electrons. The van der Waals surface area contributed by atoms with Crippen molar-refractivity contribution >= 4 is 44.0 Å². The van der Waals surface area contributed by atoms with E-state index in [9.17, 15) is 13.2 Å². The monoisotopic (exact) mass is 366 g/mol. The molecule has 1 unspecified atom stereocenters. The first-order valence-corrected chi connectivity index (χ1v) is 9.28. The number of anilines is 1. The second-order valence-corrected chi connectivity index (χ2v) is 8.15. The van der Waals surface area contributed by atoms with E-state index in [4.69, 9.17) is 0 Å². The number of fused-ring (bicyclic) bond motifs is 1. The minimum absolute atomic E-state index is 0.142. The number of hydrogen-bond acceptors (Lipinski definition) is 7. The van der Waals surface area contributed by atoms with Crippen LogP contribution in [0.3, 0.4) is 0 Å². The molecule has 2 N–H and O–H groups in total. The lowest BCUT2D eigenvalue weighted by Crippen LogP contribution is -2.22. The second kappa shape index (κ2) is 6.21. The maximum atomic E-state index is 12.6. The topological polar surface area (TPSA) is 114 Å². The van der Waals surface area contributed by atoms with Gasteiger partial charge >= 0.3 is 0 Å². The molecule has 1 amide bonds. The molecule has 10 heteroatoms. The Morgan fingerprint density at radius 2 is 2.04 bits per heavy atom. The largest absolute Gasteiger partial charge is 0.349 e. The van der Waals surface area contributed by atoms with Gasteiger partial charge in [-0.05, 0) is 41.5 Å². The fourth-order valence-corrected chi connectivity index (χ4v) is 4.57. The molecule has 3 aromatic rings. The third-order valence-corrected chi connectivity index (χ3v) is 6.37. The number of benzene rings is 1. The van der Waals surface area contributed by atoms with E-state index in [-0.39, 0.29) is 16.2 Å². The maximum absolute atomic E-state index is 12.6. The molecule has 8 nitrogen and oxygen atoms in total. The minimum Gasteiger partial charge on any atom is -0.349 e. The van der Waals surface area contributed by atoms with Gasteiger partial charge in [0.25, 0.3) is 10.0 Å². The van der Waals surface area contributed by atoms with Crippen molar-refractivity contribution in [3.05, 3.63) is 35.2 Å². The van der Waals surface area contributed by atoms with Crippen LogP contribution in [0.4, 0.5) is 5.69 Å². The number of amides is 1. The highest BCUT2D eigenvalue weighted by Gasteiger charge is 2.21. The number of aromatic nitrogens is 2. The maximum Gasteiger partial charge on any atom is 0.271 e. The van der Waals surface area contributed by atoms with Crippen LogP contribution in [-0.4, -0.2) is 24.6 Å². The third-order valence-electron chi connectivity index (χ3n) is 3.24. The molecule has 24 heavy (non-hydrogen) atoms. The van der Waals surface area contributed by atoms with Gasteiger partial charge in [-0.2, -0.15) is 0 Å². The Labute approximate surface area is 141 Å². The fraction of sp³-hybridized carbons (Fsp3) is 0.214. The van der Waals surface area contributed by atoms with Crippen LogP contribution in [0.1, 0.15) is 24.8 Å². The van der Waals surface area contributed by atoms with E-state index in [1.165, 1.54) is 13.0 Å². The van der Waals surface area contributed by atoms with Gasteiger partial charge in [-0.3, -0.25) is 9.52 Å². The van der Waals surface area contributed by atoms with Gasteiger partial charge in [0.15, 0.2) is 5.52 Å². The third kappa shape index (κ3) is 3.24. The van der Waals surface area contributed by atoms with E-state index in [1.807, 2.05) is 0 Å². The molecule has 0 aliphatic heterocycles. The van der Waals surface area contributed by atoms with E-state index >= 15 is 0 Å². The number of sulfonamides is 1. The lowest BCUT2D eigenvalue weighted by atomic mass is 10.3. The average Bonchev–Trinajstić information content (AvgIpc) is 3.16. The number of hydrogen-bond donors (Lipinski definition) is 2. The highest BCUT2D eigenvalue weighted by molar-refractivity contribution is 7.94. The van der Waals surface area contributed by atoms with E-state index in [0.717, 1.165) is 16.2 Å². The molecule has 0 saturated carbocycles. The summed E-state index contributed by atoms with van der Waals surface area (Å²) in [5.74, 6) is -0.177. The summed E-state index contributed by atoms with van der Waals surface area (Å²) in [7, 11) is -3.78. The predicted molar refractivity (Wildman–Crippen MR) is 89.2 cm³/mol. The smallest absolute Gasteiger partial charge is 0.271 e. The minimum atomic E-state index is -3.78. The molecule has 1 aromatic carbocycles. The number of rotatable bonds is 5. The molecule has 0 bridgehead atoms. The zero-order valence-electron chi connectivity index (χ0n) is 12.8. The highest BCUT2D eigenvalue weighted by Crippen LogP contribution is 2.29. The van der Waals surface area contributed by atoms with Crippen LogP contribution < -0.4 is 10.0 Å². The van der Waals surface area contributed by atoms with Crippen molar-refractivity contribution in [1.29, 1.82) is 0 Å². The van der Waals surface area contributed by atoms with Crippen LogP contribution in [0, 0.1) is 0 Å². The first kappa shape index (κ1) is 16.4. The Balaban J connectivity index is 1.87. The molecule has 0 radical (unpaired) electrons. The summed E-state index contributed by atoms with van der Waals surface area (Å²) in [4.78, 5) is 11.9. The predicted octanol–water partition coefficient (Wildman–Crippen LogP) is 2.28. The summed E-state index contributed by atoms with van der Waals surface area (Å²) < 4.78 is 32.4. The summed E-state index contributed by atoms with van der Waals surface area (Å²) in [6.07, 6.45) is 0. The summed E-state index contributed by atoms with van der Waals surface area (Å²) in [5.41, 5.74) is 1.09. The average molecular weight is 366 g/mol. The van der Waals surface area contributed by atoms with Crippen molar-refractivity contribution in [2.45, 2.75) is 24.1 Å². The zero-order valence-corrected chi connectivity index (χ0v) is 14.4. The number of thiophene rings is 1. The molecule has 0 aliphatic carbocycles. The second-order valence-electron chi connectivity index (χ2n) is 5.12. The van der Waals surface area contributed by atoms with Crippen LogP contribution in [0.5, 0.6) is 0 Å². The highest BCUT2D eigenvalue weighted by atomic mass is 32.2. The van der Waals surface area contributed by atoms with E-state index in [1.54, 1.807) is 31.2 Å². The number of carbonyl (C=O) groups excluding carboxylic acids is 1. The fourth-order valence-electron chi connectivity index (χ4n) is 2.17. The Bertz CT molecular complexity index is 993. The number of nitrogens with zero attached hydrogens (tertiary/aromatic N) is 2. The summed E-state index contributed by atoms with van der Waals surface area (Å²) >= 11 is 1.09.